The molecule has 3 rings (SSSR count). The van der Waals surface area contributed by atoms with Gasteiger partial charge in [-0.1, -0.05) is 88.9 Å². The normalized spacial score (nSPS) is 11.8. The van der Waals surface area contributed by atoms with E-state index in [1.165, 1.54) is 24.4 Å². The Morgan fingerprint density at radius 1 is 0.939 bits per heavy atom. The second-order valence-electron chi connectivity index (χ2n) is 6.77. The van der Waals surface area contributed by atoms with Crippen molar-refractivity contribution in [1.82, 2.24) is 9.73 Å². The summed E-state index contributed by atoms with van der Waals surface area (Å²) in [5, 5.41) is 4.66. The number of rotatable bonds is 8. The largest absolute Gasteiger partial charge is 0.272 e. The number of carbonyl (C=O) groups excluding carboxylic acids is 1. The molecule has 172 valence electrons. The molecule has 0 atom stereocenters. The fourth-order valence-electron chi connectivity index (χ4n) is 2.82. The number of carbonyl (C=O) groups is 1. The number of hydrogen-bond acceptors (Lipinski definition) is 4. The average molecular weight is 545 g/mol. The van der Waals surface area contributed by atoms with Crippen LogP contribution in [0.5, 0.6) is 0 Å². The lowest BCUT2D eigenvalue weighted by molar-refractivity contribution is -0.121. The van der Waals surface area contributed by atoms with Crippen molar-refractivity contribution in [2.75, 3.05) is 6.54 Å². The molecule has 3 aromatic carbocycles. The van der Waals surface area contributed by atoms with Gasteiger partial charge in [0.2, 0.25) is 10.0 Å². The van der Waals surface area contributed by atoms with Crippen molar-refractivity contribution < 1.29 is 13.2 Å². The summed E-state index contributed by atoms with van der Waals surface area (Å²) in [6.45, 7) is -0.579. The first-order chi connectivity index (χ1) is 15.7. The van der Waals surface area contributed by atoms with Crippen molar-refractivity contribution in [1.29, 1.82) is 0 Å². The molecule has 33 heavy (non-hydrogen) atoms. The quantitative estimate of drug-likeness (QED) is 0.294. The summed E-state index contributed by atoms with van der Waals surface area (Å²) in [4.78, 5) is 12.4. The highest BCUT2D eigenvalue weighted by molar-refractivity contribution is 7.89. The molecular weight excluding hydrogens is 528 g/mol. The van der Waals surface area contributed by atoms with Gasteiger partial charge >= 0.3 is 0 Å². The van der Waals surface area contributed by atoms with Crippen LogP contribution in [0.1, 0.15) is 11.1 Å². The standard InChI is InChI=1S/C22H17Cl4N3O3S/c23-17-9-10-18(24)20(11-17)33(31,32)29(13-15-5-2-1-3-6-15)14-21(30)28-27-12-16-7-4-8-19(25)22(16)26/h1-12H,13-14H2,(H,28,30). The van der Waals surface area contributed by atoms with Crippen LogP contribution in [-0.4, -0.2) is 31.4 Å². The van der Waals surface area contributed by atoms with Crippen molar-refractivity contribution in [2.45, 2.75) is 11.4 Å². The van der Waals surface area contributed by atoms with Crippen LogP contribution in [-0.2, 0) is 21.4 Å². The van der Waals surface area contributed by atoms with Gasteiger partial charge in [0.15, 0.2) is 0 Å². The van der Waals surface area contributed by atoms with Gasteiger partial charge in [-0.15, -0.1) is 0 Å². The molecule has 0 aliphatic carbocycles. The molecule has 6 nitrogen and oxygen atoms in total. The van der Waals surface area contributed by atoms with Gasteiger partial charge in [0, 0.05) is 17.1 Å². The first-order valence-corrected chi connectivity index (χ1v) is 12.4. The summed E-state index contributed by atoms with van der Waals surface area (Å²) in [7, 11) is -4.17. The average Bonchev–Trinajstić information content (AvgIpc) is 2.78. The van der Waals surface area contributed by atoms with Crippen LogP contribution in [0.3, 0.4) is 0 Å². The molecule has 0 aromatic heterocycles. The summed E-state index contributed by atoms with van der Waals surface area (Å²) in [5.41, 5.74) is 3.48. The molecule has 0 fully saturated rings. The summed E-state index contributed by atoms with van der Waals surface area (Å²) in [5.74, 6) is -0.665. The van der Waals surface area contributed by atoms with Gasteiger partial charge in [-0.05, 0) is 29.8 Å². The number of hydrogen-bond donors (Lipinski definition) is 1. The zero-order valence-electron chi connectivity index (χ0n) is 16.9. The van der Waals surface area contributed by atoms with E-state index in [0.717, 1.165) is 4.31 Å². The molecule has 0 saturated carbocycles. The Kier molecular flexibility index (Phi) is 8.75. The summed E-state index contributed by atoms with van der Waals surface area (Å²) >= 11 is 24.2. The van der Waals surface area contributed by atoms with Crippen molar-refractivity contribution in [3.05, 3.63) is 97.9 Å². The molecule has 0 heterocycles. The Hall–Kier alpha value is -2.13. The highest BCUT2D eigenvalue weighted by atomic mass is 35.5. The zero-order chi connectivity index (χ0) is 24.0. The Bertz CT molecular complexity index is 1290. The maximum Gasteiger partial charge on any atom is 0.255 e. The fraction of sp³-hybridized carbons (Fsp3) is 0.0909. The summed E-state index contributed by atoms with van der Waals surface area (Å²) in [6, 6.07) is 17.9. The van der Waals surface area contributed by atoms with Crippen LogP contribution < -0.4 is 5.43 Å². The Labute approximate surface area is 211 Å². The van der Waals surface area contributed by atoms with Crippen LogP contribution in [0.15, 0.2) is 76.7 Å². The predicted molar refractivity (Wildman–Crippen MR) is 133 cm³/mol. The number of sulfonamides is 1. The maximum absolute atomic E-state index is 13.4. The highest BCUT2D eigenvalue weighted by Crippen LogP contribution is 2.28. The number of nitrogens with zero attached hydrogens (tertiary/aromatic N) is 2. The summed E-state index contributed by atoms with van der Waals surface area (Å²) in [6.07, 6.45) is 1.32. The van der Waals surface area contributed by atoms with Crippen molar-refractivity contribution in [3.63, 3.8) is 0 Å². The summed E-state index contributed by atoms with van der Waals surface area (Å²) < 4.78 is 27.7. The lowest BCUT2D eigenvalue weighted by atomic mass is 10.2. The van der Waals surface area contributed by atoms with E-state index in [0.29, 0.717) is 16.1 Å². The smallest absolute Gasteiger partial charge is 0.255 e. The number of halogens is 4. The Morgan fingerprint density at radius 3 is 2.39 bits per heavy atom. The lowest BCUT2D eigenvalue weighted by Crippen LogP contribution is -2.39. The van der Waals surface area contributed by atoms with E-state index in [9.17, 15) is 13.2 Å². The van der Waals surface area contributed by atoms with Gasteiger partial charge in [-0.2, -0.15) is 9.41 Å². The van der Waals surface area contributed by atoms with E-state index in [-0.39, 0.29) is 26.5 Å². The van der Waals surface area contributed by atoms with Crippen LogP contribution in [0.25, 0.3) is 0 Å². The van der Waals surface area contributed by atoms with E-state index in [2.05, 4.69) is 10.5 Å². The number of amides is 1. The first kappa shape index (κ1) is 25.5. The van der Waals surface area contributed by atoms with Gasteiger partial charge in [0.1, 0.15) is 4.90 Å². The lowest BCUT2D eigenvalue weighted by Gasteiger charge is -2.22. The number of benzene rings is 3. The minimum Gasteiger partial charge on any atom is -0.272 e. The molecule has 0 bridgehead atoms. The molecule has 3 aromatic rings. The minimum absolute atomic E-state index is 0.00788. The molecule has 0 aliphatic rings. The molecule has 1 N–H and O–H groups in total. The second-order valence-corrected chi connectivity index (χ2v) is 10.3. The van der Waals surface area contributed by atoms with E-state index in [1.807, 2.05) is 0 Å². The minimum atomic E-state index is -4.17. The van der Waals surface area contributed by atoms with E-state index >= 15 is 0 Å². The highest BCUT2D eigenvalue weighted by Gasteiger charge is 2.29. The van der Waals surface area contributed by atoms with Crippen molar-refractivity contribution >= 4 is 68.5 Å². The molecule has 0 aliphatic heterocycles. The topological polar surface area (TPSA) is 78.8 Å². The van der Waals surface area contributed by atoms with Gasteiger partial charge in [-0.3, -0.25) is 4.79 Å². The first-order valence-electron chi connectivity index (χ1n) is 9.43. The molecule has 11 heteroatoms. The SMILES string of the molecule is O=C(CN(Cc1ccccc1)S(=O)(=O)c1cc(Cl)ccc1Cl)NN=Cc1cccc(Cl)c1Cl. The third kappa shape index (κ3) is 6.69. The van der Waals surface area contributed by atoms with Gasteiger partial charge in [0.05, 0.1) is 27.8 Å². The van der Waals surface area contributed by atoms with Crippen LogP contribution in [0.2, 0.25) is 20.1 Å². The van der Waals surface area contributed by atoms with Gasteiger partial charge in [0.25, 0.3) is 5.91 Å². The molecule has 1 amide bonds. The van der Waals surface area contributed by atoms with Crippen LogP contribution in [0, 0.1) is 0 Å². The number of hydrazone groups is 1. The molecule has 0 radical (unpaired) electrons. The Morgan fingerprint density at radius 2 is 1.67 bits per heavy atom. The van der Waals surface area contributed by atoms with Crippen molar-refractivity contribution in [2.24, 2.45) is 5.10 Å². The van der Waals surface area contributed by atoms with Crippen LogP contribution >= 0.6 is 46.4 Å². The maximum atomic E-state index is 13.4. The fourth-order valence-corrected chi connectivity index (χ4v) is 5.29. The molecular formula is C22H17Cl4N3O3S. The predicted octanol–water partition coefficient (Wildman–Crippen LogP) is 5.64. The van der Waals surface area contributed by atoms with Gasteiger partial charge < -0.3 is 0 Å². The molecule has 0 unspecified atom stereocenters. The number of nitrogens with one attached hydrogen (secondary N) is 1. The molecule has 0 spiro atoms. The third-order valence-electron chi connectivity index (χ3n) is 4.41. The molecule has 0 saturated heterocycles. The third-order valence-corrected chi connectivity index (χ3v) is 7.75. The monoisotopic (exact) mass is 543 g/mol. The second kappa shape index (κ2) is 11.3. The Balaban J connectivity index is 1.83. The van der Waals surface area contributed by atoms with Crippen LogP contribution in [0.4, 0.5) is 0 Å². The van der Waals surface area contributed by atoms with E-state index in [4.69, 9.17) is 46.4 Å². The van der Waals surface area contributed by atoms with E-state index < -0.39 is 22.5 Å². The van der Waals surface area contributed by atoms with E-state index in [1.54, 1.807) is 48.5 Å². The van der Waals surface area contributed by atoms with Crippen molar-refractivity contribution in [3.8, 4) is 0 Å². The zero-order valence-corrected chi connectivity index (χ0v) is 20.7. The van der Waals surface area contributed by atoms with Gasteiger partial charge in [-0.25, -0.2) is 13.8 Å².